The number of aromatic nitrogens is 3. The highest BCUT2D eigenvalue weighted by Crippen LogP contribution is 2.44. The van der Waals surface area contributed by atoms with Crippen molar-refractivity contribution in [2.45, 2.75) is 25.7 Å². The molecule has 0 amide bonds. The molecule has 0 saturated heterocycles. The van der Waals surface area contributed by atoms with Crippen LogP contribution in [0, 0.1) is 0 Å². The predicted molar refractivity (Wildman–Crippen MR) is 301 cm³/mol. The Bertz CT molecular complexity index is 3690. The fourth-order valence-corrected chi connectivity index (χ4v) is 10.4. The Balaban J connectivity index is 0.925. The maximum atomic E-state index is 5.09. The molecule has 0 bridgehead atoms. The van der Waals surface area contributed by atoms with Gasteiger partial charge in [0.05, 0.1) is 16.9 Å². The lowest BCUT2D eigenvalue weighted by molar-refractivity contribution is 0.931. The van der Waals surface area contributed by atoms with Crippen LogP contribution in [0.3, 0.4) is 0 Å². The van der Waals surface area contributed by atoms with E-state index >= 15 is 0 Å². The van der Waals surface area contributed by atoms with E-state index in [9.17, 15) is 0 Å². The molecule has 0 fully saturated rings. The average Bonchev–Trinajstić information content (AvgIpc) is 3.47. The minimum absolute atomic E-state index is 0.926. The Morgan fingerprint density at radius 1 is 0.236 bits per heavy atom. The van der Waals surface area contributed by atoms with Crippen molar-refractivity contribution in [1.29, 1.82) is 0 Å². The molecule has 72 heavy (non-hydrogen) atoms. The fraction of sp³-hybridized carbons (Fsp3) is 0.0580. The van der Waals surface area contributed by atoms with E-state index in [1.807, 2.05) is 42.9 Å². The third-order valence-electron chi connectivity index (χ3n) is 14.1. The smallest absolute Gasteiger partial charge is 0.0786 e. The molecule has 3 nitrogen and oxygen atoms in total. The molecule has 0 saturated carbocycles. The first-order valence-corrected chi connectivity index (χ1v) is 25.0. The molecule has 0 N–H and O–H groups in total. The van der Waals surface area contributed by atoms with Crippen LogP contribution in [0.2, 0.25) is 0 Å². The second kappa shape index (κ2) is 20.1. The third kappa shape index (κ3) is 9.24. The number of hydrogen-bond donors (Lipinski definition) is 0. The van der Waals surface area contributed by atoms with E-state index in [2.05, 4.69) is 228 Å². The van der Waals surface area contributed by atoms with Gasteiger partial charge in [-0.25, -0.2) is 0 Å². The van der Waals surface area contributed by atoms with Gasteiger partial charge in [0.2, 0.25) is 0 Å². The van der Waals surface area contributed by atoms with Gasteiger partial charge in [0.25, 0.3) is 0 Å². The summed E-state index contributed by atoms with van der Waals surface area (Å²) in [5.41, 5.74) is 22.6. The summed E-state index contributed by atoms with van der Waals surface area (Å²) < 4.78 is 0. The van der Waals surface area contributed by atoms with Crippen LogP contribution in [0.4, 0.5) is 0 Å². The summed E-state index contributed by atoms with van der Waals surface area (Å²) in [7, 11) is 0. The normalized spacial score (nSPS) is 11.3. The summed E-state index contributed by atoms with van der Waals surface area (Å²) in [6.45, 7) is 0. The van der Waals surface area contributed by atoms with Gasteiger partial charge < -0.3 is 0 Å². The molecule has 0 atom stereocenters. The van der Waals surface area contributed by atoms with Gasteiger partial charge >= 0.3 is 0 Å². The predicted octanol–water partition coefficient (Wildman–Crippen LogP) is 17.4. The number of pyridine rings is 3. The van der Waals surface area contributed by atoms with E-state index in [-0.39, 0.29) is 0 Å². The monoisotopic (exact) mass is 921 g/mol. The van der Waals surface area contributed by atoms with E-state index in [0.717, 1.165) is 64.5 Å². The molecule has 12 rings (SSSR count). The first kappa shape index (κ1) is 44.2. The minimum Gasteiger partial charge on any atom is -0.256 e. The molecular formula is C69H51N3. The number of hydrogen-bond acceptors (Lipinski definition) is 3. The third-order valence-corrected chi connectivity index (χ3v) is 14.1. The van der Waals surface area contributed by atoms with Crippen LogP contribution in [-0.4, -0.2) is 15.0 Å². The summed E-state index contributed by atoms with van der Waals surface area (Å²) in [5, 5.41) is 3.46. The van der Waals surface area contributed by atoms with E-state index < -0.39 is 0 Å². The molecule has 9 aromatic carbocycles. The topological polar surface area (TPSA) is 38.7 Å². The number of benzene rings is 9. The lowest BCUT2D eigenvalue weighted by Crippen LogP contribution is -1.98. The molecule has 342 valence electrons. The summed E-state index contributed by atoms with van der Waals surface area (Å²) in [4.78, 5) is 14.2. The van der Waals surface area contributed by atoms with Crippen molar-refractivity contribution in [2.75, 3.05) is 0 Å². The van der Waals surface area contributed by atoms with Gasteiger partial charge in [0.1, 0.15) is 0 Å². The minimum atomic E-state index is 0.926. The Morgan fingerprint density at radius 3 is 1.32 bits per heavy atom. The summed E-state index contributed by atoms with van der Waals surface area (Å²) in [6.07, 6.45) is 9.40. The molecule has 3 heteroatoms. The molecule has 3 heterocycles. The number of fused-ring (bicyclic) bond motifs is 3. The van der Waals surface area contributed by atoms with Gasteiger partial charge in [0, 0.05) is 40.5 Å². The second-order valence-electron chi connectivity index (χ2n) is 18.6. The zero-order valence-corrected chi connectivity index (χ0v) is 40.0. The lowest BCUT2D eigenvalue weighted by atomic mass is 9.85. The van der Waals surface area contributed by atoms with Crippen molar-refractivity contribution in [3.8, 4) is 78.1 Å². The Labute approximate surface area is 421 Å². The van der Waals surface area contributed by atoms with Gasteiger partial charge in [-0.3, -0.25) is 15.0 Å². The molecule has 12 aromatic rings. The maximum Gasteiger partial charge on any atom is 0.0786 e. The molecule has 0 spiro atoms. The first-order chi connectivity index (χ1) is 35.7. The molecule has 0 unspecified atom stereocenters. The average molecular weight is 922 g/mol. The quantitative estimate of drug-likeness (QED) is 0.108. The van der Waals surface area contributed by atoms with Gasteiger partial charge in [-0.2, -0.15) is 0 Å². The van der Waals surface area contributed by atoms with Crippen LogP contribution in [0.1, 0.15) is 22.3 Å². The van der Waals surface area contributed by atoms with Crippen LogP contribution in [-0.2, 0) is 25.7 Å². The standard InChI is InChI=1S/C69H51N3/c1-3-13-52(14-4-1)53-33-35-54(36-34-53)60-41-44-72-69-64(60)39-38-63-65(69)40-37-62(68(63)57-15-5-2-6-16-57)61-18-8-7-17-59(61)58-46-50(23-21-48-25-29-55(30-26-48)66-19-9-11-42-70-66)45-51(47-58)24-22-49-27-31-56(32-28-49)67-20-10-12-43-71-67/h1-20,25-47H,21-24H2. The summed E-state index contributed by atoms with van der Waals surface area (Å²) in [6, 6.07) is 88.0. The van der Waals surface area contributed by atoms with Gasteiger partial charge in [-0.1, -0.05) is 212 Å². The van der Waals surface area contributed by atoms with E-state index in [1.165, 1.54) is 83.3 Å². The number of aryl methyl sites for hydroxylation is 4. The Hall–Kier alpha value is -9.05. The van der Waals surface area contributed by atoms with E-state index in [1.54, 1.807) is 0 Å². The van der Waals surface area contributed by atoms with Crippen molar-refractivity contribution < 1.29 is 0 Å². The van der Waals surface area contributed by atoms with Crippen LogP contribution >= 0.6 is 0 Å². The summed E-state index contributed by atoms with van der Waals surface area (Å²) in [5.74, 6) is 0. The maximum absolute atomic E-state index is 5.09. The molecular weight excluding hydrogens is 871 g/mol. The fourth-order valence-electron chi connectivity index (χ4n) is 10.4. The SMILES string of the molecule is c1ccc(-c2ccc(-c3ccnc4c3ccc3c(-c5ccccc5)c(-c5ccccc5-c5cc(CCc6ccc(-c7ccccn7)cc6)cc(CCc6ccc(-c7ccccn7)cc6)c5)ccc34)cc2)cc1. The highest BCUT2D eigenvalue weighted by atomic mass is 14.7. The molecule has 0 radical (unpaired) electrons. The van der Waals surface area contributed by atoms with Crippen molar-refractivity contribution in [2.24, 2.45) is 0 Å². The van der Waals surface area contributed by atoms with Crippen molar-refractivity contribution in [3.63, 3.8) is 0 Å². The van der Waals surface area contributed by atoms with E-state index in [0.29, 0.717) is 0 Å². The van der Waals surface area contributed by atoms with Crippen LogP contribution in [0.25, 0.3) is 99.8 Å². The van der Waals surface area contributed by atoms with E-state index in [4.69, 9.17) is 4.98 Å². The highest BCUT2D eigenvalue weighted by molar-refractivity contribution is 6.16. The molecule has 0 aliphatic carbocycles. The number of rotatable bonds is 13. The van der Waals surface area contributed by atoms with Gasteiger partial charge in [-0.05, 0) is 139 Å². The second-order valence-corrected chi connectivity index (χ2v) is 18.6. The van der Waals surface area contributed by atoms with Crippen molar-refractivity contribution in [3.05, 3.63) is 283 Å². The Morgan fingerprint density at radius 2 is 0.722 bits per heavy atom. The van der Waals surface area contributed by atoms with Crippen LogP contribution in [0.5, 0.6) is 0 Å². The summed E-state index contributed by atoms with van der Waals surface area (Å²) >= 11 is 0. The first-order valence-electron chi connectivity index (χ1n) is 25.0. The largest absolute Gasteiger partial charge is 0.256 e. The molecule has 0 aliphatic rings. The van der Waals surface area contributed by atoms with Crippen molar-refractivity contribution in [1.82, 2.24) is 15.0 Å². The van der Waals surface area contributed by atoms with Gasteiger partial charge in [-0.15, -0.1) is 0 Å². The molecule has 3 aromatic heterocycles. The number of nitrogens with zero attached hydrogens (tertiary/aromatic N) is 3. The zero-order valence-electron chi connectivity index (χ0n) is 40.0. The van der Waals surface area contributed by atoms with Crippen LogP contribution < -0.4 is 0 Å². The Kier molecular flexibility index (Phi) is 12.3. The van der Waals surface area contributed by atoms with Crippen molar-refractivity contribution >= 4 is 21.7 Å². The van der Waals surface area contributed by atoms with Gasteiger partial charge in [0.15, 0.2) is 0 Å². The molecule has 0 aliphatic heterocycles. The lowest BCUT2D eigenvalue weighted by Gasteiger charge is -2.19. The van der Waals surface area contributed by atoms with Crippen LogP contribution in [0.15, 0.2) is 261 Å². The highest BCUT2D eigenvalue weighted by Gasteiger charge is 2.19. The zero-order chi connectivity index (χ0) is 48.1.